The predicted octanol–water partition coefficient (Wildman–Crippen LogP) is 0.803. The first-order valence-electron chi connectivity index (χ1n) is 3.76. The number of hydrogen-bond donors (Lipinski definition) is 3. The molecule has 5 nitrogen and oxygen atoms in total. The van der Waals surface area contributed by atoms with Crippen LogP contribution in [0.4, 0.5) is 5.95 Å². The van der Waals surface area contributed by atoms with Crippen molar-refractivity contribution in [3.63, 3.8) is 0 Å². The van der Waals surface area contributed by atoms with Crippen molar-refractivity contribution >= 4 is 18.2 Å². The summed E-state index contributed by atoms with van der Waals surface area (Å²) in [5.41, 5.74) is 0. The van der Waals surface area contributed by atoms with E-state index in [2.05, 4.69) is 29.0 Å². The maximum Gasteiger partial charge on any atom is 0.234 e. The molecule has 0 bridgehead atoms. The molecule has 0 atom stereocenters. The highest BCUT2D eigenvalue weighted by atomic mass is 32.1. The van der Waals surface area contributed by atoms with E-state index in [0.29, 0.717) is 16.6 Å². The van der Waals surface area contributed by atoms with Gasteiger partial charge >= 0.3 is 0 Å². The van der Waals surface area contributed by atoms with Gasteiger partial charge in [-0.25, -0.2) is 5.84 Å². The molecule has 1 aromatic heterocycles. The molecule has 1 heterocycles. The van der Waals surface area contributed by atoms with Gasteiger partial charge in [-0.1, -0.05) is 13.8 Å². The summed E-state index contributed by atoms with van der Waals surface area (Å²) in [7, 11) is 0. The lowest BCUT2D eigenvalue weighted by atomic mass is 10.2. The molecule has 12 heavy (non-hydrogen) atoms. The van der Waals surface area contributed by atoms with Gasteiger partial charge in [-0.15, -0.1) is 0 Å². The van der Waals surface area contributed by atoms with Crippen LogP contribution in [0.25, 0.3) is 0 Å². The Morgan fingerprint density at radius 3 is 2.67 bits per heavy atom. The fraction of sp³-hybridized carbons (Fsp3) is 0.667. The van der Waals surface area contributed by atoms with Gasteiger partial charge in [-0.05, 0) is 18.1 Å². The van der Waals surface area contributed by atoms with E-state index in [9.17, 15) is 0 Å². The molecule has 0 unspecified atom stereocenters. The van der Waals surface area contributed by atoms with Crippen LogP contribution in [0, 0.1) is 10.7 Å². The van der Waals surface area contributed by atoms with Gasteiger partial charge in [0.25, 0.3) is 0 Å². The van der Waals surface area contributed by atoms with Crippen LogP contribution in [0.1, 0.15) is 13.8 Å². The smallest absolute Gasteiger partial charge is 0.234 e. The molecule has 0 amide bonds. The maximum atomic E-state index is 5.68. The van der Waals surface area contributed by atoms with Gasteiger partial charge in [0.15, 0.2) is 0 Å². The summed E-state index contributed by atoms with van der Waals surface area (Å²) in [5, 5.41) is 6.99. The van der Waals surface area contributed by atoms with Gasteiger partial charge in [-0.3, -0.25) is 15.2 Å². The van der Waals surface area contributed by atoms with Crippen molar-refractivity contribution in [1.29, 1.82) is 0 Å². The van der Waals surface area contributed by atoms with E-state index in [1.165, 1.54) is 5.01 Å². The molecule has 6 heteroatoms. The Hall–Kier alpha value is -0.880. The average Bonchev–Trinajstić information content (AvgIpc) is 2.34. The molecule has 0 radical (unpaired) electrons. The van der Waals surface area contributed by atoms with E-state index in [1.807, 2.05) is 0 Å². The standard InChI is InChI=1S/C6H13N5S/c1-4(2)3-11(7)5-8-6(12)10-9-5/h4H,3,7H2,1-2H3,(H2,8,9,10,12). The summed E-state index contributed by atoms with van der Waals surface area (Å²) in [6.07, 6.45) is 0. The molecule has 1 aromatic rings. The van der Waals surface area contributed by atoms with Crippen molar-refractivity contribution in [2.75, 3.05) is 11.6 Å². The first kappa shape index (κ1) is 9.21. The number of nitrogens with one attached hydrogen (secondary N) is 2. The first-order valence-corrected chi connectivity index (χ1v) is 4.17. The number of nitrogens with zero attached hydrogens (tertiary/aromatic N) is 2. The second-order valence-electron chi connectivity index (χ2n) is 3.04. The minimum absolute atomic E-state index is 0.421. The van der Waals surface area contributed by atoms with Crippen LogP contribution in [0.3, 0.4) is 0 Å². The van der Waals surface area contributed by atoms with Crippen LogP contribution in [0.2, 0.25) is 0 Å². The van der Waals surface area contributed by atoms with Gasteiger partial charge in [0.1, 0.15) is 0 Å². The number of nitrogens with two attached hydrogens (primary N) is 1. The van der Waals surface area contributed by atoms with E-state index < -0.39 is 0 Å². The van der Waals surface area contributed by atoms with Crippen molar-refractivity contribution in [2.24, 2.45) is 11.8 Å². The molecule has 0 fully saturated rings. The van der Waals surface area contributed by atoms with Crippen molar-refractivity contribution in [2.45, 2.75) is 13.8 Å². The zero-order valence-corrected chi connectivity index (χ0v) is 7.98. The molecule has 0 aliphatic rings. The Morgan fingerprint density at radius 1 is 1.58 bits per heavy atom. The van der Waals surface area contributed by atoms with Crippen LogP contribution in [-0.2, 0) is 0 Å². The summed E-state index contributed by atoms with van der Waals surface area (Å²) in [6.45, 7) is 4.92. The number of rotatable bonds is 3. The second kappa shape index (κ2) is 3.68. The van der Waals surface area contributed by atoms with Crippen LogP contribution >= 0.6 is 12.2 Å². The normalized spacial score (nSPS) is 10.7. The number of aromatic amines is 2. The Balaban J connectivity index is 2.65. The minimum Gasteiger partial charge on any atom is -0.279 e. The van der Waals surface area contributed by atoms with E-state index >= 15 is 0 Å². The highest BCUT2D eigenvalue weighted by molar-refractivity contribution is 7.71. The lowest BCUT2D eigenvalue weighted by Gasteiger charge is -2.16. The average molecular weight is 187 g/mol. The highest BCUT2D eigenvalue weighted by Crippen LogP contribution is 2.02. The highest BCUT2D eigenvalue weighted by Gasteiger charge is 2.05. The first-order chi connectivity index (χ1) is 5.59. The van der Waals surface area contributed by atoms with Crippen LogP contribution < -0.4 is 10.9 Å². The van der Waals surface area contributed by atoms with E-state index in [1.54, 1.807) is 0 Å². The lowest BCUT2D eigenvalue weighted by molar-refractivity contribution is 0.612. The number of hydrogen-bond acceptors (Lipinski definition) is 4. The zero-order valence-electron chi connectivity index (χ0n) is 7.16. The molecule has 0 saturated heterocycles. The largest absolute Gasteiger partial charge is 0.279 e. The van der Waals surface area contributed by atoms with E-state index in [-0.39, 0.29) is 0 Å². The molecule has 4 N–H and O–H groups in total. The number of anilines is 1. The molecule has 0 aromatic carbocycles. The molecular formula is C6H13N5S. The van der Waals surface area contributed by atoms with Gasteiger partial charge in [-0.2, -0.15) is 4.98 Å². The molecule has 0 saturated carbocycles. The summed E-state index contributed by atoms with van der Waals surface area (Å²) < 4.78 is 0.421. The van der Waals surface area contributed by atoms with Gasteiger partial charge < -0.3 is 0 Å². The van der Waals surface area contributed by atoms with Crippen molar-refractivity contribution in [3.05, 3.63) is 4.77 Å². The van der Waals surface area contributed by atoms with E-state index in [0.717, 1.165) is 6.54 Å². The Kier molecular flexibility index (Phi) is 2.83. The minimum atomic E-state index is 0.421. The molecule has 0 spiro atoms. The zero-order chi connectivity index (χ0) is 9.14. The third-order valence-electron chi connectivity index (χ3n) is 1.32. The second-order valence-corrected chi connectivity index (χ2v) is 3.42. The number of H-pyrrole nitrogens is 2. The van der Waals surface area contributed by atoms with Crippen molar-refractivity contribution < 1.29 is 0 Å². The Bertz CT molecular complexity index is 288. The van der Waals surface area contributed by atoms with Crippen LogP contribution in [0.5, 0.6) is 0 Å². The Morgan fingerprint density at radius 2 is 2.25 bits per heavy atom. The summed E-state index contributed by atoms with van der Waals surface area (Å²) in [6, 6.07) is 0. The fourth-order valence-corrected chi connectivity index (χ4v) is 1.01. The topological polar surface area (TPSA) is 73.7 Å². The number of aromatic nitrogens is 3. The van der Waals surface area contributed by atoms with E-state index in [4.69, 9.17) is 18.1 Å². The fourth-order valence-electron chi connectivity index (χ4n) is 0.877. The Labute approximate surface area is 75.9 Å². The molecule has 0 aliphatic heterocycles. The monoisotopic (exact) mass is 187 g/mol. The van der Waals surface area contributed by atoms with Crippen LogP contribution in [-0.4, -0.2) is 21.7 Å². The molecular weight excluding hydrogens is 174 g/mol. The summed E-state index contributed by atoms with van der Waals surface area (Å²) in [4.78, 5) is 3.97. The maximum absolute atomic E-state index is 5.68. The molecule has 0 aliphatic carbocycles. The van der Waals surface area contributed by atoms with Crippen molar-refractivity contribution in [3.8, 4) is 0 Å². The summed E-state index contributed by atoms with van der Waals surface area (Å²) >= 11 is 4.79. The van der Waals surface area contributed by atoms with Crippen LogP contribution in [0.15, 0.2) is 0 Å². The van der Waals surface area contributed by atoms with Crippen molar-refractivity contribution in [1.82, 2.24) is 15.2 Å². The summed E-state index contributed by atoms with van der Waals surface area (Å²) in [5.74, 6) is 6.75. The third-order valence-corrected chi connectivity index (χ3v) is 1.52. The molecule has 1 rings (SSSR count). The van der Waals surface area contributed by atoms with Gasteiger partial charge in [0.05, 0.1) is 0 Å². The number of hydrazine groups is 1. The SMILES string of the molecule is CC(C)CN(N)c1nc(=S)[nH][nH]1. The quantitative estimate of drug-likeness (QED) is 0.372. The van der Waals surface area contributed by atoms with Gasteiger partial charge in [0, 0.05) is 6.54 Å². The molecule has 68 valence electrons. The van der Waals surface area contributed by atoms with Gasteiger partial charge in [0.2, 0.25) is 10.7 Å². The lowest BCUT2D eigenvalue weighted by Crippen LogP contribution is -2.35. The predicted molar refractivity (Wildman–Crippen MR) is 50.1 cm³/mol. The third kappa shape index (κ3) is 2.31.